The number of nitrogens with zero attached hydrogens (tertiary/aromatic N) is 1. The van der Waals surface area contributed by atoms with Crippen LogP contribution < -0.4 is 0 Å². The highest BCUT2D eigenvalue weighted by Gasteiger charge is 2.16. The molecule has 0 heterocycles. The fraction of sp³-hybridized carbons (Fsp3) is 0.500. The first-order valence-corrected chi connectivity index (χ1v) is 4.51. The average molecular weight is 179 g/mol. The zero-order valence-electron chi connectivity index (χ0n) is 9.52. The van der Waals surface area contributed by atoms with Crippen molar-refractivity contribution < 1.29 is 0 Å². The fourth-order valence-electron chi connectivity index (χ4n) is 0.781. The van der Waals surface area contributed by atoms with Crippen LogP contribution in [0.25, 0.3) is 0 Å². The molecule has 0 aliphatic carbocycles. The highest BCUT2D eigenvalue weighted by Crippen LogP contribution is 2.16. The summed E-state index contributed by atoms with van der Waals surface area (Å²) in [7, 11) is 2.05. The monoisotopic (exact) mass is 179 g/mol. The summed E-state index contributed by atoms with van der Waals surface area (Å²) in [6, 6.07) is 0. The van der Waals surface area contributed by atoms with Gasteiger partial charge in [-0.15, -0.1) is 0 Å². The zero-order valence-corrected chi connectivity index (χ0v) is 9.52. The van der Waals surface area contributed by atoms with E-state index in [1.807, 2.05) is 26.1 Å². The van der Waals surface area contributed by atoms with Crippen molar-refractivity contribution in [1.29, 1.82) is 0 Å². The maximum absolute atomic E-state index is 3.99. The Balaban J connectivity index is 4.37. The molecule has 0 aromatic rings. The van der Waals surface area contributed by atoms with Crippen LogP contribution in [0.15, 0.2) is 36.6 Å². The van der Waals surface area contributed by atoms with Crippen molar-refractivity contribution in [2.45, 2.75) is 33.2 Å². The van der Waals surface area contributed by atoms with E-state index in [1.54, 1.807) is 0 Å². The van der Waals surface area contributed by atoms with Crippen LogP contribution in [0.1, 0.15) is 27.7 Å². The molecular formula is C12H21N. The predicted molar refractivity (Wildman–Crippen MR) is 60.6 cm³/mol. The molecule has 0 atom stereocenters. The Labute approximate surface area is 82.4 Å². The van der Waals surface area contributed by atoms with Gasteiger partial charge in [-0.25, -0.2) is 0 Å². The number of likely N-dealkylation sites (N-methyl/N-ethyl adjacent to an activating group) is 1. The van der Waals surface area contributed by atoms with Crippen LogP contribution in [-0.2, 0) is 0 Å². The summed E-state index contributed by atoms with van der Waals surface area (Å²) in [5, 5.41) is 0. The van der Waals surface area contributed by atoms with Crippen molar-refractivity contribution >= 4 is 0 Å². The molecule has 0 aliphatic rings. The molecule has 1 heteroatoms. The average Bonchev–Trinajstić information content (AvgIpc) is 1.96. The SMILES string of the molecule is C=C(C)/C=C\C(=C)N(C)C(C)(C)C. The quantitative estimate of drug-likeness (QED) is 0.600. The first-order valence-electron chi connectivity index (χ1n) is 4.51. The standard InChI is InChI=1S/C12H21N/c1-10(2)8-9-11(3)13(7)12(4,5)6/h8-9H,1,3H2,2,4-7H3/b9-8-. The van der Waals surface area contributed by atoms with Crippen LogP contribution in [0.3, 0.4) is 0 Å². The van der Waals surface area contributed by atoms with Gasteiger partial charge in [0.15, 0.2) is 0 Å². The third-order valence-corrected chi connectivity index (χ3v) is 2.00. The lowest BCUT2D eigenvalue weighted by Gasteiger charge is -2.34. The van der Waals surface area contributed by atoms with E-state index in [-0.39, 0.29) is 5.54 Å². The van der Waals surface area contributed by atoms with Crippen LogP contribution in [0.4, 0.5) is 0 Å². The molecule has 0 spiro atoms. The number of rotatable bonds is 3. The van der Waals surface area contributed by atoms with Crippen LogP contribution in [0.2, 0.25) is 0 Å². The number of allylic oxidation sites excluding steroid dienone is 3. The topological polar surface area (TPSA) is 3.24 Å². The van der Waals surface area contributed by atoms with Crippen molar-refractivity contribution in [2.75, 3.05) is 7.05 Å². The molecule has 0 saturated carbocycles. The van der Waals surface area contributed by atoms with Gasteiger partial charge in [-0.1, -0.05) is 24.8 Å². The number of hydrogen-bond acceptors (Lipinski definition) is 1. The lowest BCUT2D eigenvalue weighted by Crippen LogP contribution is -2.36. The molecule has 0 fully saturated rings. The molecule has 0 amide bonds. The first kappa shape index (κ1) is 12.0. The van der Waals surface area contributed by atoms with E-state index in [1.165, 1.54) is 0 Å². The second-order valence-corrected chi connectivity index (χ2v) is 4.40. The second-order valence-electron chi connectivity index (χ2n) is 4.40. The van der Waals surface area contributed by atoms with E-state index in [0.717, 1.165) is 11.3 Å². The third-order valence-electron chi connectivity index (χ3n) is 2.00. The van der Waals surface area contributed by atoms with Crippen molar-refractivity contribution in [2.24, 2.45) is 0 Å². The molecule has 0 N–H and O–H groups in total. The summed E-state index contributed by atoms with van der Waals surface area (Å²) < 4.78 is 0. The van der Waals surface area contributed by atoms with Crippen molar-refractivity contribution in [3.8, 4) is 0 Å². The van der Waals surface area contributed by atoms with E-state index in [0.29, 0.717) is 0 Å². The Kier molecular flexibility index (Phi) is 3.99. The summed E-state index contributed by atoms with van der Waals surface area (Å²) >= 11 is 0. The molecule has 0 aromatic heterocycles. The zero-order chi connectivity index (χ0) is 10.6. The predicted octanol–water partition coefficient (Wildman–Crippen LogP) is 3.36. The highest BCUT2D eigenvalue weighted by molar-refractivity contribution is 5.22. The Morgan fingerprint density at radius 3 is 1.92 bits per heavy atom. The van der Waals surface area contributed by atoms with E-state index in [4.69, 9.17) is 0 Å². The Morgan fingerprint density at radius 2 is 1.62 bits per heavy atom. The van der Waals surface area contributed by atoms with Crippen LogP contribution in [0.5, 0.6) is 0 Å². The van der Waals surface area contributed by atoms with Crippen molar-refractivity contribution in [1.82, 2.24) is 4.90 Å². The first-order chi connectivity index (χ1) is 5.75. The van der Waals surface area contributed by atoms with Gasteiger partial charge in [-0.2, -0.15) is 0 Å². The normalized spacial score (nSPS) is 11.8. The molecule has 0 rings (SSSR count). The molecular weight excluding hydrogens is 158 g/mol. The van der Waals surface area contributed by atoms with Gasteiger partial charge in [0.05, 0.1) is 0 Å². The summed E-state index contributed by atoms with van der Waals surface area (Å²) in [5.74, 6) is 0. The lowest BCUT2D eigenvalue weighted by atomic mass is 10.1. The maximum Gasteiger partial charge on any atom is 0.0314 e. The highest BCUT2D eigenvalue weighted by atomic mass is 15.2. The minimum atomic E-state index is 0.122. The number of hydrogen-bond donors (Lipinski definition) is 0. The van der Waals surface area contributed by atoms with E-state index in [9.17, 15) is 0 Å². The third kappa shape index (κ3) is 4.56. The smallest absolute Gasteiger partial charge is 0.0314 e. The van der Waals surface area contributed by atoms with Gasteiger partial charge in [0.1, 0.15) is 0 Å². The summed E-state index contributed by atoms with van der Waals surface area (Å²) in [5.41, 5.74) is 2.18. The molecule has 0 radical (unpaired) electrons. The Bertz CT molecular complexity index is 228. The molecule has 0 bridgehead atoms. The van der Waals surface area contributed by atoms with Gasteiger partial charge in [0, 0.05) is 18.3 Å². The molecule has 0 aliphatic heterocycles. The van der Waals surface area contributed by atoms with E-state index in [2.05, 4.69) is 38.8 Å². The Hall–Kier alpha value is -0.980. The van der Waals surface area contributed by atoms with Crippen LogP contribution in [-0.4, -0.2) is 17.5 Å². The molecule has 1 nitrogen and oxygen atoms in total. The lowest BCUT2D eigenvalue weighted by molar-refractivity contribution is 0.235. The van der Waals surface area contributed by atoms with Gasteiger partial charge in [-0.05, 0) is 33.8 Å². The molecule has 0 aromatic carbocycles. The minimum Gasteiger partial charge on any atom is -0.370 e. The van der Waals surface area contributed by atoms with Gasteiger partial charge in [0.25, 0.3) is 0 Å². The molecule has 0 saturated heterocycles. The molecule has 0 unspecified atom stereocenters. The largest absolute Gasteiger partial charge is 0.370 e. The van der Waals surface area contributed by atoms with Gasteiger partial charge in [-0.3, -0.25) is 0 Å². The summed E-state index contributed by atoms with van der Waals surface area (Å²) in [6.45, 7) is 16.2. The maximum atomic E-state index is 3.99. The Morgan fingerprint density at radius 1 is 1.15 bits per heavy atom. The van der Waals surface area contributed by atoms with Crippen LogP contribution >= 0.6 is 0 Å². The summed E-state index contributed by atoms with van der Waals surface area (Å²) in [4.78, 5) is 2.15. The second kappa shape index (κ2) is 4.31. The van der Waals surface area contributed by atoms with E-state index < -0.39 is 0 Å². The fourth-order valence-corrected chi connectivity index (χ4v) is 0.781. The van der Waals surface area contributed by atoms with Gasteiger partial charge < -0.3 is 4.90 Å². The van der Waals surface area contributed by atoms with E-state index >= 15 is 0 Å². The molecule has 74 valence electrons. The summed E-state index contributed by atoms with van der Waals surface area (Å²) in [6.07, 6.45) is 3.97. The van der Waals surface area contributed by atoms with Gasteiger partial charge >= 0.3 is 0 Å². The van der Waals surface area contributed by atoms with Crippen molar-refractivity contribution in [3.05, 3.63) is 36.6 Å². The molecule has 13 heavy (non-hydrogen) atoms. The van der Waals surface area contributed by atoms with Crippen LogP contribution in [0, 0.1) is 0 Å². The minimum absolute atomic E-state index is 0.122. The van der Waals surface area contributed by atoms with Gasteiger partial charge in [0.2, 0.25) is 0 Å². The van der Waals surface area contributed by atoms with Crippen molar-refractivity contribution in [3.63, 3.8) is 0 Å².